The van der Waals surface area contributed by atoms with E-state index in [0.717, 1.165) is 0 Å². The smallest absolute Gasteiger partial charge is 0.325 e. The molecule has 3 amide bonds. The minimum atomic E-state index is -0.910. The van der Waals surface area contributed by atoms with E-state index < -0.39 is 53.7 Å². The number of esters is 1. The highest BCUT2D eigenvalue weighted by atomic mass is 19.1. The lowest BCUT2D eigenvalue weighted by Gasteiger charge is -2.35. The monoisotopic (exact) mass is 546 g/mol. The number of amides is 3. The summed E-state index contributed by atoms with van der Waals surface area (Å²) in [5, 5.41) is 6.79. The summed E-state index contributed by atoms with van der Waals surface area (Å²) in [6.07, 6.45) is 4.03. The summed E-state index contributed by atoms with van der Waals surface area (Å²) >= 11 is 0. The van der Waals surface area contributed by atoms with Crippen LogP contribution in [0.15, 0.2) is 30.4 Å². The summed E-state index contributed by atoms with van der Waals surface area (Å²) in [5.41, 5.74) is 3.05. The predicted molar refractivity (Wildman–Crippen MR) is 142 cm³/mol. The molecule has 1 aromatic carbocycles. The molecule has 1 saturated heterocycles. The highest BCUT2D eigenvalue weighted by Gasteiger charge is 2.34. The van der Waals surface area contributed by atoms with Crippen LogP contribution in [0.5, 0.6) is 5.75 Å². The van der Waals surface area contributed by atoms with E-state index in [0.29, 0.717) is 31.6 Å². The van der Waals surface area contributed by atoms with Gasteiger partial charge >= 0.3 is 5.97 Å². The molecule has 2 aliphatic rings. The Bertz CT molecular complexity index is 1090. The maximum absolute atomic E-state index is 14.6. The molecule has 0 aromatic heterocycles. The van der Waals surface area contributed by atoms with E-state index in [-0.39, 0.29) is 24.0 Å². The summed E-state index contributed by atoms with van der Waals surface area (Å²) < 4.78 is 25.8. The van der Waals surface area contributed by atoms with Crippen LogP contribution in [-0.4, -0.2) is 60.0 Å². The van der Waals surface area contributed by atoms with Crippen molar-refractivity contribution in [3.8, 4) is 5.75 Å². The van der Waals surface area contributed by atoms with E-state index in [9.17, 15) is 23.6 Å². The molecule has 3 rings (SSSR count). The Morgan fingerprint density at radius 1 is 1.03 bits per heavy atom. The third-order valence-electron chi connectivity index (χ3n) is 6.86. The lowest BCUT2D eigenvalue weighted by atomic mass is 10.0. The van der Waals surface area contributed by atoms with Gasteiger partial charge in [0.1, 0.15) is 42.4 Å². The number of carbonyl (C=O) groups is 4. The van der Waals surface area contributed by atoms with Gasteiger partial charge in [0.15, 0.2) is 0 Å². The Morgan fingerprint density at radius 2 is 1.77 bits per heavy atom. The molecule has 1 unspecified atom stereocenters. The number of hydrogen-bond acceptors (Lipinski definition) is 7. The van der Waals surface area contributed by atoms with Crippen molar-refractivity contribution in [3.63, 3.8) is 0 Å². The Kier molecular flexibility index (Phi) is 10.4. The van der Waals surface area contributed by atoms with Gasteiger partial charge in [-0.25, -0.2) is 9.82 Å². The van der Waals surface area contributed by atoms with Gasteiger partial charge in [-0.15, -0.1) is 0 Å². The fourth-order valence-electron chi connectivity index (χ4n) is 4.41. The van der Waals surface area contributed by atoms with E-state index in [2.05, 4.69) is 16.1 Å². The Balaban J connectivity index is 1.85. The molecule has 10 nitrogen and oxygen atoms in total. The van der Waals surface area contributed by atoms with Crippen LogP contribution in [0.2, 0.25) is 0 Å². The van der Waals surface area contributed by atoms with Crippen molar-refractivity contribution in [2.24, 2.45) is 11.8 Å². The summed E-state index contributed by atoms with van der Waals surface area (Å²) in [6.45, 7) is 9.03. The highest BCUT2D eigenvalue weighted by Crippen LogP contribution is 2.26. The fourth-order valence-corrected chi connectivity index (χ4v) is 4.41. The maximum atomic E-state index is 14.6. The molecule has 3 N–H and O–H groups in total. The number of nitrogens with one attached hydrogen (secondary N) is 3. The standard InChI is InChI=1S/C28H39FN4O6/c1-16(2)24-26(35)30-18(4)27(36)33-13-8-10-23(32-33)28(37)39-19(5)21-15-20(11-12-22(21)29)38-14-7-6-9-17(3)25(34)31-24/h6-7,11-12,15-19,23-24,32H,8-10,13-14H2,1-5H3,(H,30,35)(H,31,34)/b7-6+/t17-,18+,19-,23+,24?/m1/s1. The molecule has 214 valence electrons. The molecule has 1 aromatic rings. The second kappa shape index (κ2) is 13.5. The van der Waals surface area contributed by atoms with Crippen LogP contribution in [-0.2, 0) is 23.9 Å². The lowest BCUT2D eigenvalue weighted by Crippen LogP contribution is -2.61. The molecule has 1 fully saturated rings. The number of cyclic esters (lactones) is 1. The normalized spacial score (nSPS) is 28.8. The predicted octanol–water partition coefficient (Wildman–Crippen LogP) is 2.55. The molecule has 0 spiro atoms. The van der Waals surface area contributed by atoms with Crippen LogP contribution in [0, 0.1) is 17.7 Å². The number of rotatable bonds is 1. The third kappa shape index (κ3) is 8.01. The molecular formula is C28H39FN4O6. The molecule has 5 atom stereocenters. The summed E-state index contributed by atoms with van der Waals surface area (Å²) in [7, 11) is 0. The number of allylic oxidation sites excluding steroid dienone is 1. The maximum Gasteiger partial charge on any atom is 0.325 e. The lowest BCUT2D eigenvalue weighted by molar-refractivity contribution is -0.157. The number of fused-ring (bicyclic) bond motifs is 4. The Hall–Kier alpha value is -3.47. The quantitative estimate of drug-likeness (QED) is 0.365. The van der Waals surface area contributed by atoms with Crippen LogP contribution in [0.25, 0.3) is 0 Å². The number of carbonyl (C=O) groups excluding carboxylic acids is 4. The molecule has 4 bridgehead atoms. The van der Waals surface area contributed by atoms with Crippen molar-refractivity contribution in [2.45, 2.75) is 78.1 Å². The number of ether oxygens (including phenoxy) is 2. The first-order valence-corrected chi connectivity index (χ1v) is 13.4. The van der Waals surface area contributed by atoms with Crippen molar-refractivity contribution < 1.29 is 33.0 Å². The zero-order valence-electron chi connectivity index (χ0n) is 23.2. The van der Waals surface area contributed by atoms with Crippen LogP contribution >= 0.6 is 0 Å². The average Bonchev–Trinajstić information content (AvgIpc) is 2.90. The number of hydrazine groups is 1. The van der Waals surface area contributed by atoms with Crippen molar-refractivity contribution in [3.05, 3.63) is 41.7 Å². The summed E-state index contributed by atoms with van der Waals surface area (Å²) in [4.78, 5) is 51.9. The molecule has 11 heteroatoms. The average molecular weight is 547 g/mol. The molecular weight excluding hydrogens is 507 g/mol. The molecule has 2 heterocycles. The molecule has 0 saturated carbocycles. The number of hydrogen-bond donors (Lipinski definition) is 3. The first-order chi connectivity index (χ1) is 18.5. The van der Waals surface area contributed by atoms with E-state index >= 15 is 0 Å². The third-order valence-corrected chi connectivity index (χ3v) is 6.86. The van der Waals surface area contributed by atoms with Gasteiger partial charge in [0.2, 0.25) is 11.8 Å². The Labute approximate surface area is 228 Å². The van der Waals surface area contributed by atoms with Gasteiger partial charge in [0.05, 0.1) is 0 Å². The fraction of sp³-hybridized carbons (Fsp3) is 0.571. The molecule has 0 aliphatic carbocycles. The number of benzene rings is 1. The van der Waals surface area contributed by atoms with Crippen LogP contribution in [0.1, 0.15) is 65.5 Å². The van der Waals surface area contributed by atoms with Gasteiger partial charge in [0.25, 0.3) is 5.91 Å². The van der Waals surface area contributed by atoms with Gasteiger partial charge in [-0.1, -0.05) is 32.9 Å². The first-order valence-electron chi connectivity index (χ1n) is 13.4. The minimum Gasteiger partial charge on any atom is -0.490 e. The summed E-state index contributed by atoms with van der Waals surface area (Å²) in [6, 6.07) is 1.68. The van der Waals surface area contributed by atoms with Crippen molar-refractivity contribution >= 4 is 23.7 Å². The zero-order valence-corrected chi connectivity index (χ0v) is 23.2. The largest absolute Gasteiger partial charge is 0.490 e. The SMILES string of the molecule is CC(C)C1NC(=O)[C@H](C)C/C=C/COc2ccc(F)c(c2)[C@@H](C)OC(=O)[C@@H]2CCCN(N2)C(=O)[C@H](C)NC1=O. The second-order valence-electron chi connectivity index (χ2n) is 10.5. The minimum absolute atomic E-state index is 0.164. The van der Waals surface area contributed by atoms with E-state index in [1.165, 1.54) is 23.2 Å². The zero-order chi connectivity index (χ0) is 28.7. The van der Waals surface area contributed by atoms with Crippen molar-refractivity contribution in [1.29, 1.82) is 0 Å². The van der Waals surface area contributed by atoms with Gasteiger partial charge in [-0.3, -0.25) is 24.2 Å². The second-order valence-corrected chi connectivity index (χ2v) is 10.5. The Morgan fingerprint density at radius 3 is 2.49 bits per heavy atom. The van der Waals surface area contributed by atoms with Crippen LogP contribution in [0.3, 0.4) is 0 Å². The molecule has 0 radical (unpaired) electrons. The van der Waals surface area contributed by atoms with Gasteiger partial charge in [0, 0.05) is 18.0 Å². The van der Waals surface area contributed by atoms with Crippen LogP contribution in [0.4, 0.5) is 4.39 Å². The van der Waals surface area contributed by atoms with E-state index in [1.54, 1.807) is 32.9 Å². The number of halogens is 1. The molecule has 2 aliphatic heterocycles. The van der Waals surface area contributed by atoms with E-state index in [1.807, 2.05) is 13.8 Å². The van der Waals surface area contributed by atoms with Crippen molar-refractivity contribution in [2.75, 3.05) is 13.2 Å². The van der Waals surface area contributed by atoms with Crippen LogP contribution < -0.4 is 20.8 Å². The number of nitrogens with zero attached hydrogens (tertiary/aromatic N) is 1. The van der Waals surface area contributed by atoms with Gasteiger partial charge in [-0.2, -0.15) is 0 Å². The molecule has 39 heavy (non-hydrogen) atoms. The van der Waals surface area contributed by atoms with Gasteiger partial charge < -0.3 is 20.1 Å². The first kappa shape index (κ1) is 30.1. The topological polar surface area (TPSA) is 126 Å². The van der Waals surface area contributed by atoms with Gasteiger partial charge in [-0.05, 0) is 57.2 Å². The summed E-state index contributed by atoms with van der Waals surface area (Å²) in [5.74, 6) is -2.57. The highest BCUT2D eigenvalue weighted by molar-refractivity contribution is 5.92. The van der Waals surface area contributed by atoms with Crippen molar-refractivity contribution in [1.82, 2.24) is 21.1 Å². The van der Waals surface area contributed by atoms with E-state index in [4.69, 9.17) is 9.47 Å².